The van der Waals surface area contributed by atoms with Crippen molar-refractivity contribution in [2.75, 3.05) is 0 Å². The van der Waals surface area contributed by atoms with Gasteiger partial charge in [0.05, 0.1) is 5.69 Å². The zero-order chi connectivity index (χ0) is 12.0. The number of hydrogen-bond acceptors (Lipinski definition) is 2. The Morgan fingerprint density at radius 3 is 3.00 bits per heavy atom. The Morgan fingerprint density at radius 1 is 1.41 bits per heavy atom. The van der Waals surface area contributed by atoms with Crippen LogP contribution in [0.1, 0.15) is 21.9 Å². The third kappa shape index (κ3) is 1.67. The Balaban J connectivity index is 2.19. The number of aromatic carboxylic acids is 1. The molecule has 1 aliphatic carbocycles. The molecule has 2 N–H and O–H groups in total. The number of nitrogens with one attached hydrogen (secondary N) is 1. The first kappa shape index (κ1) is 10.5. The monoisotopic (exact) mass is 292 g/mol. The highest BCUT2D eigenvalue weighted by atomic mass is 79.9. The van der Waals surface area contributed by atoms with Crippen molar-refractivity contribution in [3.8, 4) is 11.3 Å². The molecule has 17 heavy (non-hydrogen) atoms. The molecule has 0 atom stereocenters. The topological polar surface area (TPSA) is 66.0 Å². The van der Waals surface area contributed by atoms with E-state index in [-0.39, 0.29) is 5.82 Å². The number of carbonyl (C=O) groups is 1. The van der Waals surface area contributed by atoms with Crippen molar-refractivity contribution in [1.29, 1.82) is 0 Å². The number of aryl methyl sites for hydroxylation is 2. The van der Waals surface area contributed by atoms with Gasteiger partial charge in [-0.15, -0.1) is 0 Å². The van der Waals surface area contributed by atoms with Crippen LogP contribution in [0.3, 0.4) is 0 Å². The number of carboxylic acids is 1. The van der Waals surface area contributed by atoms with E-state index in [1.165, 1.54) is 5.56 Å². The zero-order valence-electron chi connectivity index (χ0n) is 8.83. The largest absolute Gasteiger partial charge is 0.475 e. The van der Waals surface area contributed by atoms with Crippen LogP contribution in [0, 0.1) is 0 Å². The second-order valence-corrected chi connectivity index (χ2v) is 4.93. The van der Waals surface area contributed by atoms with Crippen LogP contribution in [0.15, 0.2) is 22.7 Å². The van der Waals surface area contributed by atoms with E-state index in [4.69, 9.17) is 5.11 Å². The number of benzene rings is 1. The van der Waals surface area contributed by atoms with E-state index >= 15 is 0 Å². The summed E-state index contributed by atoms with van der Waals surface area (Å²) in [7, 11) is 0. The number of aromatic nitrogens is 2. The van der Waals surface area contributed by atoms with Gasteiger partial charge in [0.2, 0.25) is 5.82 Å². The average Bonchev–Trinajstić information content (AvgIpc) is 2.72. The minimum Gasteiger partial charge on any atom is -0.475 e. The lowest BCUT2D eigenvalue weighted by atomic mass is 9.92. The number of nitrogens with zero attached hydrogens (tertiary/aromatic N) is 1. The van der Waals surface area contributed by atoms with E-state index in [1.807, 2.05) is 12.1 Å². The predicted molar refractivity (Wildman–Crippen MR) is 66.1 cm³/mol. The van der Waals surface area contributed by atoms with Crippen molar-refractivity contribution in [3.63, 3.8) is 0 Å². The maximum absolute atomic E-state index is 10.9. The first-order valence-corrected chi connectivity index (χ1v) is 6.05. The Morgan fingerprint density at radius 2 is 2.24 bits per heavy atom. The van der Waals surface area contributed by atoms with Gasteiger partial charge in [-0.1, -0.05) is 22.0 Å². The van der Waals surface area contributed by atoms with Crippen molar-refractivity contribution >= 4 is 21.9 Å². The van der Waals surface area contributed by atoms with E-state index < -0.39 is 5.97 Å². The van der Waals surface area contributed by atoms with E-state index in [2.05, 4.69) is 32.0 Å². The molecule has 1 aromatic heterocycles. The molecule has 1 aliphatic rings. The fraction of sp³-hybridized carbons (Fsp3) is 0.167. The molecule has 0 unspecified atom stereocenters. The van der Waals surface area contributed by atoms with Crippen LogP contribution >= 0.6 is 15.9 Å². The highest BCUT2D eigenvalue weighted by Gasteiger charge is 2.22. The molecule has 0 bridgehead atoms. The van der Waals surface area contributed by atoms with E-state index in [0.29, 0.717) is 0 Å². The van der Waals surface area contributed by atoms with Gasteiger partial charge in [-0.3, -0.25) is 0 Å². The molecule has 0 saturated carbocycles. The second kappa shape index (κ2) is 3.70. The molecule has 1 heterocycles. The second-order valence-electron chi connectivity index (χ2n) is 4.02. The van der Waals surface area contributed by atoms with Crippen LogP contribution in [0.2, 0.25) is 0 Å². The van der Waals surface area contributed by atoms with Gasteiger partial charge in [0.15, 0.2) is 0 Å². The molecule has 0 amide bonds. The van der Waals surface area contributed by atoms with Crippen molar-refractivity contribution in [3.05, 3.63) is 39.8 Å². The third-order valence-electron chi connectivity index (χ3n) is 2.95. The summed E-state index contributed by atoms with van der Waals surface area (Å²) in [5.41, 5.74) is 3.92. The SMILES string of the molecule is O=C(O)c1nc2c([nH]1)CCc1cc(Br)ccc1-2. The Bertz CT molecular complexity index is 619. The number of carboxylic acid groups (broad SMARTS) is 1. The highest BCUT2D eigenvalue weighted by Crippen LogP contribution is 2.33. The number of rotatable bonds is 1. The van der Waals surface area contributed by atoms with E-state index in [1.54, 1.807) is 0 Å². The van der Waals surface area contributed by atoms with E-state index in [0.717, 1.165) is 34.3 Å². The summed E-state index contributed by atoms with van der Waals surface area (Å²) in [5, 5.41) is 8.92. The van der Waals surface area contributed by atoms with Gasteiger partial charge in [-0.05, 0) is 30.5 Å². The predicted octanol–water partition coefficient (Wildman–Crippen LogP) is 2.64. The first-order valence-electron chi connectivity index (χ1n) is 5.26. The quantitative estimate of drug-likeness (QED) is 0.849. The van der Waals surface area contributed by atoms with Gasteiger partial charge in [0.25, 0.3) is 0 Å². The number of halogens is 1. The lowest BCUT2D eigenvalue weighted by Crippen LogP contribution is -2.03. The summed E-state index contributed by atoms with van der Waals surface area (Å²) in [6, 6.07) is 5.99. The molecular weight excluding hydrogens is 284 g/mol. The van der Waals surface area contributed by atoms with Crippen molar-refractivity contribution in [2.24, 2.45) is 0 Å². The molecular formula is C12H9BrN2O2. The maximum atomic E-state index is 10.9. The van der Waals surface area contributed by atoms with Gasteiger partial charge in [0, 0.05) is 15.7 Å². The average molecular weight is 293 g/mol. The molecule has 4 nitrogen and oxygen atoms in total. The smallest absolute Gasteiger partial charge is 0.371 e. The third-order valence-corrected chi connectivity index (χ3v) is 3.44. The van der Waals surface area contributed by atoms with Crippen LogP contribution in [-0.4, -0.2) is 21.0 Å². The Hall–Kier alpha value is -1.62. The van der Waals surface area contributed by atoms with Crippen LogP contribution in [-0.2, 0) is 12.8 Å². The van der Waals surface area contributed by atoms with Crippen LogP contribution in [0.25, 0.3) is 11.3 Å². The molecule has 5 heteroatoms. The van der Waals surface area contributed by atoms with Crippen molar-refractivity contribution < 1.29 is 9.90 Å². The molecule has 86 valence electrons. The van der Waals surface area contributed by atoms with Gasteiger partial charge in [-0.25, -0.2) is 9.78 Å². The van der Waals surface area contributed by atoms with Crippen molar-refractivity contribution in [2.45, 2.75) is 12.8 Å². The minimum atomic E-state index is -1.02. The number of hydrogen-bond donors (Lipinski definition) is 2. The standard InChI is InChI=1S/C12H9BrN2O2/c13-7-2-3-8-6(5-7)1-4-9-10(8)15-11(14-9)12(16)17/h2-3,5H,1,4H2,(H,14,15)(H,16,17). The summed E-state index contributed by atoms with van der Waals surface area (Å²) < 4.78 is 1.04. The van der Waals surface area contributed by atoms with Gasteiger partial charge in [0.1, 0.15) is 0 Å². The molecule has 0 saturated heterocycles. The number of fused-ring (bicyclic) bond motifs is 3. The fourth-order valence-electron chi connectivity index (χ4n) is 2.17. The molecule has 3 rings (SSSR count). The Labute approximate surface area is 106 Å². The summed E-state index contributed by atoms with van der Waals surface area (Å²) in [5.74, 6) is -0.996. The normalized spacial score (nSPS) is 13.0. The fourth-order valence-corrected chi connectivity index (χ4v) is 2.58. The summed E-state index contributed by atoms with van der Waals surface area (Å²) >= 11 is 3.44. The molecule has 2 aromatic rings. The van der Waals surface area contributed by atoms with Gasteiger partial charge in [-0.2, -0.15) is 0 Å². The lowest BCUT2D eigenvalue weighted by Gasteiger charge is -2.14. The van der Waals surface area contributed by atoms with Crippen LogP contribution < -0.4 is 0 Å². The molecule has 1 aromatic carbocycles. The molecule has 0 aliphatic heterocycles. The number of imidazole rings is 1. The van der Waals surface area contributed by atoms with Gasteiger partial charge >= 0.3 is 5.97 Å². The number of aromatic amines is 1. The molecule has 0 radical (unpaired) electrons. The summed E-state index contributed by atoms with van der Waals surface area (Å²) in [6.07, 6.45) is 1.71. The van der Waals surface area contributed by atoms with E-state index in [9.17, 15) is 4.79 Å². The Kier molecular flexibility index (Phi) is 2.29. The maximum Gasteiger partial charge on any atom is 0.371 e. The van der Waals surface area contributed by atoms with Gasteiger partial charge < -0.3 is 10.1 Å². The molecule has 0 spiro atoms. The summed E-state index contributed by atoms with van der Waals surface area (Å²) in [4.78, 5) is 17.9. The highest BCUT2D eigenvalue weighted by molar-refractivity contribution is 9.10. The van der Waals surface area contributed by atoms with Crippen LogP contribution in [0.4, 0.5) is 0 Å². The minimum absolute atomic E-state index is 0.0192. The lowest BCUT2D eigenvalue weighted by molar-refractivity contribution is 0.0684. The van der Waals surface area contributed by atoms with Crippen molar-refractivity contribution in [1.82, 2.24) is 9.97 Å². The zero-order valence-corrected chi connectivity index (χ0v) is 10.4. The van der Waals surface area contributed by atoms with Crippen LogP contribution in [0.5, 0.6) is 0 Å². The summed E-state index contributed by atoms with van der Waals surface area (Å²) in [6.45, 7) is 0. The molecule has 0 fully saturated rings. The number of H-pyrrole nitrogens is 1. The first-order chi connectivity index (χ1) is 8.15.